The molecule has 3 rings (SSSR count). The predicted molar refractivity (Wildman–Crippen MR) is 106 cm³/mol. The Hall–Kier alpha value is -1.08. The maximum absolute atomic E-state index is 12.0. The third-order valence-corrected chi connectivity index (χ3v) is 5.02. The van der Waals surface area contributed by atoms with Crippen molar-refractivity contribution in [3.63, 3.8) is 0 Å². The summed E-state index contributed by atoms with van der Waals surface area (Å²) in [7, 11) is 0. The van der Waals surface area contributed by atoms with Gasteiger partial charge in [-0.1, -0.05) is 0 Å². The standard InChI is InChI=1S/C17H23N3O2S.2ClH/c1-12-4-5-15(22-12)17-20-14(11-23-17)9-16(21)19-8-6-13-3-2-7-18-10-13;;/h4-5,11,13,18H,2-3,6-10H2,1H3,(H,19,21);2*1H. The zero-order chi connectivity index (χ0) is 16.1. The van der Waals surface area contributed by atoms with E-state index in [4.69, 9.17) is 4.42 Å². The number of nitrogens with zero attached hydrogens (tertiary/aromatic N) is 1. The molecular formula is C17H25Cl2N3O2S. The number of halogens is 2. The van der Waals surface area contributed by atoms with Gasteiger partial charge in [-0.15, -0.1) is 36.2 Å². The average molecular weight is 406 g/mol. The molecule has 1 saturated heterocycles. The second-order valence-corrected chi connectivity index (χ2v) is 6.94. The Morgan fingerprint density at radius 3 is 2.96 bits per heavy atom. The third-order valence-electron chi connectivity index (χ3n) is 4.12. The van der Waals surface area contributed by atoms with E-state index in [-0.39, 0.29) is 30.7 Å². The van der Waals surface area contributed by atoms with Crippen molar-refractivity contribution >= 4 is 42.1 Å². The molecule has 1 fully saturated rings. The Morgan fingerprint density at radius 2 is 2.28 bits per heavy atom. The van der Waals surface area contributed by atoms with Gasteiger partial charge in [-0.25, -0.2) is 4.98 Å². The van der Waals surface area contributed by atoms with Gasteiger partial charge in [0, 0.05) is 11.9 Å². The molecule has 1 aliphatic rings. The van der Waals surface area contributed by atoms with E-state index in [0.29, 0.717) is 12.3 Å². The number of aromatic nitrogens is 1. The Bertz CT molecular complexity index is 654. The van der Waals surface area contributed by atoms with Crippen molar-refractivity contribution in [1.29, 1.82) is 0 Å². The van der Waals surface area contributed by atoms with Crippen molar-refractivity contribution in [2.75, 3.05) is 19.6 Å². The number of furan rings is 1. The molecule has 0 spiro atoms. The van der Waals surface area contributed by atoms with E-state index in [1.54, 1.807) is 0 Å². The van der Waals surface area contributed by atoms with Gasteiger partial charge in [-0.2, -0.15) is 0 Å². The quantitative estimate of drug-likeness (QED) is 0.769. The van der Waals surface area contributed by atoms with Crippen molar-refractivity contribution in [1.82, 2.24) is 15.6 Å². The lowest BCUT2D eigenvalue weighted by molar-refractivity contribution is -0.120. The molecule has 140 valence electrons. The van der Waals surface area contributed by atoms with Crippen molar-refractivity contribution in [3.8, 4) is 10.8 Å². The van der Waals surface area contributed by atoms with E-state index in [2.05, 4.69) is 15.6 Å². The maximum Gasteiger partial charge on any atom is 0.226 e. The molecule has 2 aromatic rings. The first-order chi connectivity index (χ1) is 11.2. The Labute approximate surface area is 164 Å². The molecule has 2 aromatic heterocycles. The van der Waals surface area contributed by atoms with Gasteiger partial charge in [0.1, 0.15) is 5.76 Å². The van der Waals surface area contributed by atoms with E-state index < -0.39 is 0 Å². The molecule has 2 N–H and O–H groups in total. The second-order valence-electron chi connectivity index (χ2n) is 6.08. The smallest absolute Gasteiger partial charge is 0.226 e. The Balaban J connectivity index is 0.00000156. The number of rotatable bonds is 6. The van der Waals surface area contributed by atoms with E-state index in [0.717, 1.165) is 48.3 Å². The molecule has 8 heteroatoms. The highest BCUT2D eigenvalue weighted by Gasteiger charge is 2.14. The Morgan fingerprint density at radius 1 is 1.44 bits per heavy atom. The van der Waals surface area contributed by atoms with E-state index in [1.165, 1.54) is 24.2 Å². The highest BCUT2D eigenvalue weighted by atomic mass is 35.5. The van der Waals surface area contributed by atoms with Crippen LogP contribution in [-0.4, -0.2) is 30.5 Å². The molecule has 0 aliphatic carbocycles. The molecule has 0 saturated carbocycles. The summed E-state index contributed by atoms with van der Waals surface area (Å²) in [5.74, 6) is 2.37. The lowest BCUT2D eigenvalue weighted by Crippen LogP contribution is -2.33. The fourth-order valence-electron chi connectivity index (χ4n) is 2.86. The van der Waals surface area contributed by atoms with Crippen LogP contribution in [0.4, 0.5) is 0 Å². The molecule has 25 heavy (non-hydrogen) atoms. The molecular weight excluding hydrogens is 381 g/mol. The van der Waals surface area contributed by atoms with Crippen LogP contribution in [0.2, 0.25) is 0 Å². The van der Waals surface area contributed by atoms with Crippen LogP contribution < -0.4 is 10.6 Å². The van der Waals surface area contributed by atoms with Gasteiger partial charge in [0.05, 0.1) is 12.1 Å². The molecule has 0 radical (unpaired) electrons. The molecule has 3 heterocycles. The van der Waals surface area contributed by atoms with Crippen molar-refractivity contribution < 1.29 is 9.21 Å². The number of carbonyl (C=O) groups excluding carboxylic acids is 1. The maximum atomic E-state index is 12.0. The van der Waals surface area contributed by atoms with Gasteiger partial charge in [0.15, 0.2) is 10.8 Å². The highest BCUT2D eigenvalue weighted by Crippen LogP contribution is 2.25. The molecule has 0 aromatic carbocycles. The van der Waals surface area contributed by atoms with Crippen LogP contribution in [0.5, 0.6) is 0 Å². The topological polar surface area (TPSA) is 67.2 Å². The SMILES string of the molecule is Cc1ccc(-c2nc(CC(=O)NCCC3CCCNC3)cs2)o1.Cl.Cl. The number of nitrogens with one attached hydrogen (secondary N) is 2. The summed E-state index contributed by atoms with van der Waals surface area (Å²) in [4.78, 5) is 16.5. The van der Waals surface area contributed by atoms with Crippen LogP contribution in [0, 0.1) is 12.8 Å². The molecule has 0 bridgehead atoms. The van der Waals surface area contributed by atoms with Gasteiger partial charge in [-0.3, -0.25) is 4.79 Å². The summed E-state index contributed by atoms with van der Waals surface area (Å²) < 4.78 is 5.56. The predicted octanol–water partition coefficient (Wildman–Crippen LogP) is 3.60. The van der Waals surface area contributed by atoms with Crippen LogP contribution in [0.3, 0.4) is 0 Å². The molecule has 1 atom stereocenters. The number of aryl methyl sites for hydroxylation is 1. The van der Waals surface area contributed by atoms with Gasteiger partial charge in [0.25, 0.3) is 0 Å². The first-order valence-electron chi connectivity index (χ1n) is 8.19. The van der Waals surface area contributed by atoms with Crippen LogP contribution in [0.15, 0.2) is 21.9 Å². The van der Waals surface area contributed by atoms with Crippen LogP contribution in [-0.2, 0) is 11.2 Å². The van der Waals surface area contributed by atoms with Gasteiger partial charge >= 0.3 is 0 Å². The largest absolute Gasteiger partial charge is 0.459 e. The van der Waals surface area contributed by atoms with E-state index in [9.17, 15) is 4.79 Å². The zero-order valence-electron chi connectivity index (χ0n) is 14.2. The molecule has 5 nitrogen and oxygen atoms in total. The number of thiazole rings is 1. The Kier molecular flexibility index (Phi) is 9.50. The normalized spacial score (nSPS) is 16.6. The van der Waals surface area contributed by atoms with Gasteiger partial charge in [0.2, 0.25) is 5.91 Å². The third kappa shape index (κ3) is 6.62. The fraction of sp³-hybridized carbons (Fsp3) is 0.529. The summed E-state index contributed by atoms with van der Waals surface area (Å²) >= 11 is 1.51. The minimum Gasteiger partial charge on any atom is -0.459 e. The first kappa shape index (κ1) is 22.0. The van der Waals surface area contributed by atoms with Gasteiger partial charge in [-0.05, 0) is 57.3 Å². The minimum absolute atomic E-state index is 0. The molecule has 1 aliphatic heterocycles. The van der Waals surface area contributed by atoms with E-state index in [1.807, 2.05) is 24.4 Å². The average Bonchev–Trinajstić information content (AvgIpc) is 3.17. The number of hydrogen-bond donors (Lipinski definition) is 2. The van der Waals surface area contributed by atoms with Crippen molar-refractivity contribution in [2.24, 2.45) is 5.92 Å². The van der Waals surface area contributed by atoms with Crippen LogP contribution in [0.1, 0.15) is 30.7 Å². The lowest BCUT2D eigenvalue weighted by Gasteiger charge is -2.22. The number of hydrogen-bond acceptors (Lipinski definition) is 5. The lowest BCUT2D eigenvalue weighted by atomic mass is 9.96. The van der Waals surface area contributed by atoms with E-state index >= 15 is 0 Å². The highest BCUT2D eigenvalue weighted by molar-refractivity contribution is 7.13. The summed E-state index contributed by atoms with van der Waals surface area (Å²) in [6, 6.07) is 3.83. The molecule has 1 amide bonds. The number of carbonyl (C=O) groups is 1. The van der Waals surface area contributed by atoms with Gasteiger partial charge < -0.3 is 15.1 Å². The summed E-state index contributed by atoms with van der Waals surface area (Å²) in [5, 5.41) is 9.17. The second kappa shape index (κ2) is 10.8. The summed E-state index contributed by atoms with van der Waals surface area (Å²) in [6.45, 7) is 4.87. The zero-order valence-corrected chi connectivity index (χ0v) is 16.7. The first-order valence-corrected chi connectivity index (χ1v) is 9.07. The number of piperidine rings is 1. The van der Waals surface area contributed by atoms with Crippen LogP contribution >= 0.6 is 36.2 Å². The molecule has 1 unspecified atom stereocenters. The van der Waals surface area contributed by atoms with Crippen molar-refractivity contribution in [3.05, 3.63) is 29.0 Å². The summed E-state index contributed by atoms with van der Waals surface area (Å²) in [6.07, 6.45) is 3.89. The summed E-state index contributed by atoms with van der Waals surface area (Å²) in [5.41, 5.74) is 0.802. The van der Waals surface area contributed by atoms with Crippen molar-refractivity contribution in [2.45, 2.75) is 32.6 Å². The monoisotopic (exact) mass is 405 g/mol. The van der Waals surface area contributed by atoms with Crippen LogP contribution in [0.25, 0.3) is 10.8 Å². The fourth-order valence-corrected chi connectivity index (χ4v) is 3.64. The minimum atomic E-state index is 0. The number of amides is 1.